The van der Waals surface area contributed by atoms with Gasteiger partial charge in [0.2, 0.25) is 5.91 Å². The zero-order chi connectivity index (χ0) is 13.0. The SMILES string of the molecule is CCCC1CC1NC(=O)CCc1cccc(N)c1. The Morgan fingerprint density at radius 1 is 1.50 bits per heavy atom. The minimum absolute atomic E-state index is 0.168. The van der Waals surface area contributed by atoms with E-state index in [1.165, 1.54) is 12.8 Å². The third kappa shape index (κ3) is 3.76. The van der Waals surface area contributed by atoms with Gasteiger partial charge >= 0.3 is 0 Å². The summed E-state index contributed by atoms with van der Waals surface area (Å²) >= 11 is 0. The Bertz CT molecular complexity index is 417. The summed E-state index contributed by atoms with van der Waals surface area (Å²) in [6.07, 6.45) is 4.93. The van der Waals surface area contributed by atoms with E-state index in [2.05, 4.69) is 12.2 Å². The van der Waals surface area contributed by atoms with Crippen LogP contribution in [0.25, 0.3) is 0 Å². The molecule has 0 aliphatic heterocycles. The lowest BCUT2D eigenvalue weighted by Crippen LogP contribution is -2.27. The summed E-state index contributed by atoms with van der Waals surface area (Å²) in [5.74, 6) is 0.896. The molecule has 0 radical (unpaired) electrons. The Morgan fingerprint density at radius 3 is 3.06 bits per heavy atom. The molecule has 3 N–H and O–H groups in total. The number of rotatable bonds is 6. The van der Waals surface area contributed by atoms with Crippen molar-refractivity contribution in [1.82, 2.24) is 5.32 Å². The Morgan fingerprint density at radius 2 is 2.33 bits per heavy atom. The zero-order valence-electron chi connectivity index (χ0n) is 11.0. The molecule has 2 atom stereocenters. The molecule has 1 aliphatic carbocycles. The first-order valence-corrected chi connectivity index (χ1v) is 6.83. The van der Waals surface area contributed by atoms with E-state index in [4.69, 9.17) is 5.73 Å². The summed E-state index contributed by atoms with van der Waals surface area (Å²) in [7, 11) is 0. The van der Waals surface area contributed by atoms with Crippen LogP contribution in [0.2, 0.25) is 0 Å². The molecule has 1 aromatic carbocycles. The van der Waals surface area contributed by atoms with Crippen molar-refractivity contribution in [2.75, 3.05) is 5.73 Å². The fraction of sp³-hybridized carbons (Fsp3) is 0.533. The second kappa shape index (κ2) is 5.89. The maximum absolute atomic E-state index is 11.8. The normalized spacial score (nSPS) is 21.6. The molecule has 1 fully saturated rings. The quantitative estimate of drug-likeness (QED) is 0.758. The van der Waals surface area contributed by atoms with Crippen molar-refractivity contribution in [2.45, 2.75) is 45.1 Å². The predicted octanol–water partition coefficient (Wildman–Crippen LogP) is 2.51. The van der Waals surface area contributed by atoms with Gasteiger partial charge in [0.25, 0.3) is 0 Å². The highest BCUT2D eigenvalue weighted by Gasteiger charge is 2.36. The molecule has 3 heteroatoms. The highest BCUT2D eigenvalue weighted by molar-refractivity contribution is 5.77. The van der Waals surface area contributed by atoms with Crippen LogP contribution in [0.5, 0.6) is 0 Å². The van der Waals surface area contributed by atoms with Crippen LogP contribution in [0, 0.1) is 5.92 Å². The number of hydrogen-bond acceptors (Lipinski definition) is 2. The molecular weight excluding hydrogens is 224 g/mol. The molecule has 0 heterocycles. The number of carbonyl (C=O) groups excluding carboxylic acids is 1. The second-order valence-electron chi connectivity index (χ2n) is 5.20. The number of nitrogen functional groups attached to an aromatic ring is 1. The van der Waals surface area contributed by atoms with Gasteiger partial charge in [-0.2, -0.15) is 0 Å². The lowest BCUT2D eigenvalue weighted by atomic mass is 10.1. The van der Waals surface area contributed by atoms with Gasteiger partial charge in [-0.1, -0.05) is 25.5 Å². The van der Waals surface area contributed by atoms with Crippen LogP contribution in [0.1, 0.15) is 38.2 Å². The smallest absolute Gasteiger partial charge is 0.220 e. The van der Waals surface area contributed by atoms with E-state index in [0.29, 0.717) is 12.5 Å². The lowest BCUT2D eigenvalue weighted by Gasteiger charge is -2.05. The summed E-state index contributed by atoms with van der Waals surface area (Å²) < 4.78 is 0. The first kappa shape index (κ1) is 12.9. The van der Waals surface area contributed by atoms with Crippen molar-refractivity contribution in [1.29, 1.82) is 0 Å². The van der Waals surface area contributed by atoms with Crippen LogP contribution in [0.3, 0.4) is 0 Å². The molecule has 1 aromatic rings. The standard InChI is InChI=1S/C15H22N2O/c1-2-4-12-10-14(12)17-15(18)8-7-11-5-3-6-13(16)9-11/h3,5-6,9,12,14H,2,4,7-8,10,16H2,1H3,(H,17,18). The number of benzene rings is 1. The van der Waals surface area contributed by atoms with E-state index >= 15 is 0 Å². The average Bonchev–Trinajstić information content (AvgIpc) is 3.05. The Balaban J connectivity index is 1.69. The molecule has 1 saturated carbocycles. The van der Waals surface area contributed by atoms with Crippen molar-refractivity contribution in [3.63, 3.8) is 0 Å². The van der Waals surface area contributed by atoms with E-state index < -0.39 is 0 Å². The Hall–Kier alpha value is -1.51. The summed E-state index contributed by atoms with van der Waals surface area (Å²) in [4.78, 5) is 11.8. The van der Waals surface area contributed by atoms with Crippen LogP contribution in [0.15, 0.2) is 24.3 Å². The first-order valence-electron chi connectivity index (χ1n) is 6.83. The van der Waals surface area contributed by atoms with E-state index in [1.807, 2.05) is 24.3 Å². The third-order valence-corrected chi connectivity index (χ3v) is 3.52. The molecule has 18 heavy (non-hydrogen) atoms. The van der Waals surface area contributed by atoms with E-state index in [1.54, 1.807) is 0 Å². The maximum Gasteiger partial charge on any atom is 0.220 e. The molecule has 3 nitrogen and oxygen atoms in total. The third-order valence-electron chi connectivity index (χ3n) is 3.52. The van der Waals surface area contributed by atoms with Gasteiger partial charge in [0.1, 0.15) is 0 Å². The monoisotopic (exact) mass is 246 g/mol. The van der Waals surface area contributed by atoms with Crippen molar-refractivity contribution < 1.29 is 4.79 Å². The highest BCUT2D eigenvalue weighted by Crippen LogP contribution is 2.34. The number of aryl methyl sites for hydroxylation is 1. The number of amides is 1. The van der Waals surface area contributed by atoms with Crippen LogP contribution in [-0.4, -0.2) is 11.9 Å². The van der Waals surface area contributed by atoms with Crippen molar-refractivity contribution in [2.24, 2.45) is 5.92 Å². The zero-order valence-corrected chi connectivity index (χ0v) is 11.0. The highest BCUT2D eigenvalue weighted by atomic mass is 16.1. The minimum Gasteiger partial charge on any atom is -0.399 e. The fourth-order valence-corrected chi connectivity index (χ4v) is 2.40. The van der Waals surface area contributed by atoms with Gasteiger partial charge in [-0.3, -0.25) is 4.79 Å². The lowest BCUT2D eigenvalue weighted by molar-refractivity contribution is -0.121. The van der Waals surface area contributed by atoms with Crippen molar-refractivity contribution >= 4 is 11.6 Å². The molecule has 0 spiro atoms. The van der Waals surface area contributed by atoms with Crippen LogP contribution >= 0.6 is 0 Å². The van der Waals surface area contributed by atoms with Gasteiger partial charge in [0, 0.05) is 18.2 Å². The van der Waals surface area contributed by atoms with E-state index in [9.17, 15) is 4.79 Å². The van der Waals surface area contributed by atoms with Crippen LogP contribution in [-0.2, 0) is 11.2 Å². The summed E-state index contributed by atoms with van der Waals surface area (Å²) in [5.41, 5.74) is 7.60. The van der Waals surface area contributed by atoms with Crippen molar-refractivity contribution in [3.8, 4) is 0 Å². The molecule has 1 amide bonds. The second-order valence-corrected chi connectivity index (χ2v) is 5.20. The van der Waals surface area contributed by atoms with Gasteiger partial charge in [-0.05, 0) is 42.9 Å². The summed E-state index contributed by atoms with van der Waals surface area (Å²) in [6.45, 7) is 2.19. The van der Waals surface area contributed by atoms with E-state index in [-0.39, 0.29) is 5.91 Å². The molecule has 1 aliphatic rings. The van der Waals surface area contributed by atoms with Gasteiger partial charge < -0.3 is 11.1 Å². The molecule has 2 rings (SSSR count). The predicted molar refractivity (Wildman–Crippen MR) is 74.1 cm³/mol. The molecule has 98 valence electrons. The number of nitrogens with one attached hydrogen (secondary N) is 1. The van der Waals surface area contributed by atoms with Gasteiger partial charge in [-0.25, -0.2) is 0 Å². The molecule has 2 unspecified atom stereocenters. The number of hydrogen-bond donors (Lipinski definition) is 2. The Labute approximate surface area is 109 Å². The largest absolute Gasteiger partial charge is 0.399 e. The topological polar surface area (TPSA) is 55.1 Å². The fourth-order valence-electron chi connectivity index (χ4n) is 2.40. The summed E-state index contributed by atoms with van der Waals surface area (Å²) in [5, 5.41) is 3.10. The molecule has 0 aromatic heterocycles. The number of anilines is 1. The van der Waals surface area contributed by atoms with Crippen molar-refractivity contribution in [3.05, 3.63) is 29.8 Å². The van der Waals surface area contributed by atoms with Gasteiger partial charge in [0.15, 0.2) is 0 Å². The van der Waals surface area contributed by atoms with Gasteiger partial charge in [-0.15, -0.1) is 0 Å². The first-order chi connectivity index (χ1) is 8.69. The average molecular weight is 246 g/mol. The van der Waals surface area contributed by atoms with Crippen LogP contribution < -0.4 is 11.1 Å². The molecule has 0 bridgehead atoms. The molecular formula is C15H22N2O. The maximum atomic E-state index is 11.8. The number of nitrogens with two attached hydrogens (primary N) is 1. The van der Waals surface area contributed by atoms with Crippen LogP contribution in [0.4, 0.5) is 5.69 Å². The Kier molecular flexibility index (Phi) is 4.24. The summed E-state index contributed by atoms with van der Waals surface area (Å²) in [6, 6.07) is 8.19. The van der Waals surface area contributed by atoms with Gasteiger partial charge in [0.05, 0.1) is 0 Å². The molecule has 0 saturated heterocycles. The minimum atomic E-state index is 0.168. The number of carbonyl (C=O) groups is 1. The van der Waals surface area contributed by atoms with E-state index in [0.717, 1.165) is 30.0 Å².